The molecule has 5 heterocycles. The standard InChI is InChI=1S/C28H32O10/c1-22-11-17(35-18(30)12-22)24(3)28-19(22)20(31)27(34-4,38-28)14-10-16-26(36-16)8-5-6-15(29)23(26,2)13(14)7-9-25(28,33)21(32)37-24/h5-6,13-14,16-17,19,33H,7-12H2,1-4H3/t13?,14?,16?,17-,19?,22-,23+,24+,25?,26?,27-,28+/m1/s1. The van der Waals surface area contributed by atoms with E-state index in [1.165, 1.54) is 7.11 Å². The van der Waals surface area contributed by atoms with Crippen LogP contribution >= 0.6 is 0 Å². The Labute approximate surface area is 219 Å². The SMILES string of the molecule is CO[C@]12O[C@@]34C(C1=O)[C@@]1(C)CC(=O)O[C@H](C1)[C@]3(C)OC(=O)C4(O)CCC1C2CC2OC23CC=CC(=O)[C@]13C. The molecule has 5 aliphatic heterocycles. The fraction of sp³-hybridized carbons (Fsp3) is 0.786. The van der Waals surface area contributed by atoms with Gasteiger partial charge in [0.25, 0.3) is 0 Å². The molecule has 1 N–H and O–H groups in total. The molecule has 12 atom stereocenters. The first-order chi connectivity index (χ1) is 17.8. The number of hydrogen-bond acceptors (Lipinski definition) is 10. The van der Waals surface area contributed by atoms with Gasteiger partial charge < -0.3 is 28.8 Å². The predicted molar refractivity (Wildman–Crippen MR) is 124 cm³/mol. The van der Waals surface area contributed by atoms with Crippen LogP contribution in [0, 0.1) is 28.6 Å². The first kappa shape index (κ1) is 23.7. The monoisotopic (exact) mass is 528 g/mol. The lowest BCUT2D eigenvalue weighted by Gasteiger charge is -2.60. The summed E-state index contributed by atoms with van der Waals surface area (Å²) in [7, 11) is 1.40. The minimum atomic E-state index is -2.21. The molecule has 10 nitrogen and oxygen atoms in total. The second-order valence-electron chi connectivity index (χ2n) is 13.5. The maximum atomic E-state index is 14.9. The van der Waals surface area contributed by atoms with Crippen LogP contribution in [-0.2, 0) is 42.9 Å². The Balaban J connectivity index is 1.40. The quantitative estimate of drug-likeness (QED) is 0.390. The van der Waals surface area contributed by atoms with Crippen LogP contribution in [0.4, 0.5) is 0 Å². The molecule has 6 unspecified atom stereocenters. The van der Waals surface area contributed by atoms with E-state index < -0.39 is 80.6 Å². The normalized spacial score (nSPS) is 61.0. The number of Topliss-reactive ketones (excluding diaryl/α,β-unsaturated/α-hetero) is 1. The van der Waals surface area contributed by atoms with Gasteiger partial charge in [0.05, 0.1) is 23.9 Å². The lowest BCUT2D eigenvalue weighted by molar-refractivity contribution is -0.350. The minimum Gasteiger partial charge on any atom is -0.458 e. The van der Waals surface area contributed by atoms with Gasteiger partial charge in [-0.15, -0.1) is 0 Å². The molecule has 0 radical (unpaired) electrons. The smallest absolute Gasteiger partial charge is 0.342 e. The number of epoxide rings is 1. The molecule has 0 aromatic carbocycles. The summed E-state index contributed by atoms with van der Waals surface area (Å²) in [5.74, 6) is -5.89. The highest BCUT2D eigenvalue weighted by molar-refractivity contribution is 6.00. The molecule has 8 aliphatic rings. The predicted octanol–water partition coefficient (Wildman–Crippen LogP) is 1.16. The van der Waals surface area contributed by atoms with Crippen LogP contribution in [0.2, 0.25) is 0 Å². The van der Waals surface area contributed by atoms with Gasteiger partial charge in [0.15, 0.2) is 28.4 Å². The number of ketones is 2. The van der Waals surface area contributed by atoms with Crippen LogP contribution in [-0.4, -0.2) is 76.1 Å². The number of aliphatic hydroxyl groups is 1. The summed E-state index contributed by atoms with van der Waals surface area (Å²) in [4.78, 5) is 55.0. The highest BCUT2D eigenvalue weighted by atomic mass is 16.7. The van der Waals surface area contributed by atoms with Crippen molar-refractivity contribution in [3.63, 3.8) is 0 Å². The van der Waals surface area contributed by atoms with Crippen LogP contribution in [0.5, 0.6) is 0 Å². The van der Waals surface area contributed by atoms with Crippen molar-refractivity contribution in [2.75, 3.05) is 7.11 Å². The molecule has 4 bridgehead atoms. The van der Waals surface area contributed by atoms with Crippen LogP contribution in [0.15, 0.2) is 12.2 Å². The summed E-state index contributed by atoms with van der Waals surface area (Å²) in [6, 6.07) is 0. The van der Waals surface area contributed by atoms with Gasteiger partial charge in [-0.05, 0) is 63.4 Å². The van der Waals surface area contributed by atoms with Gasteiger partial charge in [-0.3, -0.25) is 14.4 Å². The molecule has 0 aromatic heterocycles. The average molecular weight is 529 g/mol. The molecule has 7 fully saturated rings. The molecular weight excluding hydrogens is 496 g/mol. The third-order valence-corrected chi connectivity index (χ3v) is 12.3. The van der Waals surface area contributed by atoms with Gasteiger partial charge in [-0.1, -0.05) is 13.0 Å². The highest BCUT2D eigenvalue weighted by Crippen LogP contribution is 2.75. The average Bonchev–Trinajstić information content (AvgIpc) is 3.43. The number of fused-ring (bicyclic) bond motifs is 8. The van der Waals surface area contributed by atoms with Crippen molar-refractivity contribution in [3.05, 3.63) is 12.2 Å². The lowest BCUT2D eigenvalue weighted by Crippen LogP contribution is -2.77. The second kappa shape index (κ2) is 6.27. The first-order valence-corrected chi connectivity index (χ1v) is 13.6. The van der Waals surface area contributed by atoms with E-state index >= 15 is 0 Å². The van der Waals surface area contributed by atoms with Gasteiger partial charge in [-0.25, -0.2) is 4.79 Å². The third kappa shape index (κ3) is 2.01. The van der Waals surface area contributed by atoms with Crippen LogP contribution in [0.3, 0.4) is 0 Å². The molecule has 204 valence electrons. The van der Waals surface area contributed by atoms with Crippen LogP contribution < -0.4 is 0 Å². The van der Waals surface area contributed by atoms with E-state index in [-0.39, 0.29) is 37.6 Å². The zero-order chi connectivity index (χ0) is 26.9. The number of ether oxygens (including phenoxy) is 5. The summed E-state index contributed by atoms with van der Waals surface area (Å²) >= 11 is 0. The van der Waals surface area contributed by atoms with E-state index in [1.807, 2.05) is 19.9 Å². The Morgan fingerprint density at radius 2 is 1.84 bits per heavy atom. The molecule has 8 rings (SSSR count). The Bertz CT molecular complexity index is 1290. The fourth-order valence-corrected chi connectivity index (χ4v) is 10.5. The Hall–Kier alpha value is -2.14. The number of carbonyl (C=O) groups excluding carboxylic acids is 4. The van der Waals surface area contributed by atoms with E-state index in [2.05, 4.69) is 0 Å². The number of hydrogen-bond donors (Lipinski definition) is 1. The Morgan fingerprint density at radius 1 is 1.08 bits per heavy atom. The Kier molecular flexibility index (Phi) is 3.91. The summed E-state index contributed by atoms with van der Waals surface area (Å²) < 4.78 is 31.0. The van der Waals surface area contributed by atoms with Crippen LogP contribution in [0.1, 0.15) is 59.3 Å². The first-order valence-electron chi connectivity index (χ1n) is 13.6. The van der Waals surface area contributed by atoms with E-state index in [1.54, 1.807) is 13.0 Å². The largest absolute Gasteiger partial charge is 0.458 e. The maximum Gasteiger partial charge on any atom is 0.342 e. The second-order valence-corrected chi connectivity index (χ2v) is 13.5. The highest BCUT2D eigenvalue weighted by Gasteiger charge is 2.92. The van der Waals surface area contributed by atoms with E-state index in [0.717, 1.165) is 0 Å². The summed E-state index contributed by atoms with van der Waals surface area (Å²) in [5, 5.41) is 12.4. The van der Waals surface area contributed by atoms with E-state index in [0.29, 0.717) is 12.8 Å². The number of esters is 2. The lowest BCUT2D eigenvalue weighted by atomic mass is 9.48. The van der Waals surface area contributed by atoms with Gasteiger partial charge in [0.1, 0.15) is 11.7 Å². The van der Waals surface area contributed by atoms with Crippen molar-refractivity contribution >= 4 is 23.5 Å². The molecule has 5 saturated heterocycles. The maximum absolute atomic E-state index is 14.9. The molecule has 2 saturated carbocycles. The van der Waals surface area contributed by atoms with Crippen molar-refractivity contribution < 1.29 is 48.0 Å². The van der Waals surface area contributed by atoms with Crippen LogP contribution in [0.25, 0.3) is 0 Å². The zero-order valence-corrected chi connectivity index (χ0v) is 21.9. The van der Waals surface area contributed by atoms with Gasteiger partial charge in [0, 0.05) is 13.0 Å². The van der Waals surface area contributed by atoms with E-state index in [4.69, 9.17) is 23.7 Å². The fourth-order valence-electron chi connectivity index (χ4n) is 10.5. The van der Waals surface area contributed by atoms with Gasteiger partial charge in [0.2, 0.25) is 5.79 Å². The number of carbonyl (C=O) groups is 4. The molecule has 2 spiro atoms. The molecule has 38 heavy (non-hydrogen) atoms. The molecule has 0 aromatic rings. The van der Waals surface area contributed by atoms with Gasteiger partial charge >= 0.3 is 11.9 Å². The van der Waals surface area contributed by atoms with Crippen molar-refractivity contribution in [2.45, 2.75) is 99.7 Å². The third-order valence-electron chi connectivity index (χ3n) is 12.3. The molecule has 10 heteroatoms. The number of allylic oxidation sites excluding steroid dienone is 1. The molecular formula is C28H32O10. The summed E-state index contributed by atoms with van der Waals surface area (Å²) in [6.07, 6.45) is 3.69. The van der Waals surface area contributed by atoms with Crippen molar-refractivity contribution in [1.29, 1.82) is 0 Å². The topological polar surface area (TPSA) is 138 Å². The van der Waals surface area contributed by atoms with Crippen molar-refractivity contribution in [1.82, 2.24) is 0 Å². The van der Waals surface area contributed by atoms with E-state index in [9.17, 15) is 24.3 Å². The number of methoxy groups -OCH3 is 1. The number of rotatable bonds is 1. The summed E-state index contributed by atoms with van der Waals surface area (Å²) in [5.41, 5.74) is -8.29. The van der Waals surface area contributed by atoms with Crippen molar-refractivity contribution in [3.8, 4) is 0 Å². The van der Waals surface area contributed by atoms with Crippen molar-refractivity contribution in [2.24, 2.45) is 28.6 Å². The molecule has 3 aliphatic carbocycles. The minimum absolute atomic E-state index is 0.0604. The molecule has 0 amide bonds. The van der Waals surface area contributed by atoms with Gasteiger partial charge in [-0.2, -0.15) is 0 Å². The zero-order valence-electron chi connectivity index (χ0n) is 21.9. The summed E-state index contributed by atoms with van der Waals surface area (Å²) in [6.45, 7) is 5.30. The Morgan fingerprint density at radius 3 is 2.58 bits per heavy atom.